The van der Waals surface area contributed by atoms with E-state index >= 15 is 0 Å². The molecule has 1 radical (unpaired) electrons. The standard InChI is InChI=1S/C28H60OP/c1-4-7-10-13-16-20-25-30(28-23-19-24-29,26-21-17-14-11-8-5-2)27-22-18-15-12-9-6-3/h30H,4-28H2,1-3H3. The van der Waals surface area contributed by atoms with Crippen LogP contribution in [0.25, 0.3) is 0 Å². The fourth-order valence-corrected chi connectivity index (χ4v) is 10.7. The summed E-state index contributed by atoms with van der Waals surface area (Å²) in [4.78, 5) is 0. The van der Waals surface area contributed by atoms with Gasteiger partial charge in [-0.1, -0.05) is 0 Å². The molecule has 0 amide bonds. The molecular formula is C28H60OP. The summed E-state index contributed by atoms with van der Waals surface area (Å²) in [7, 11) is -1.18. The van der Waals surface area contributed by atoms with Crippen LogP contribution in [0.3, 0.4) is 0 Å². The van der Waals surface area contributed by atoms with Crippen LogP contribution < -0.4 is 0 Å². The van der Waals surface area contributed by atoms with Crippen molar-refractivity contribution in [2.24, 2.45) is 0 Å². The van der Waals surface area contributed by atoms with Gasteiger partial charge in [-0.05, 0) is 0 Å². The summed E-state index contributed by atoms with van der Waals surface area (Å²) in [6.45, 7) is 7.09. The van der Waals surface area contributed by atoms with E-state index in [0.717, 1.165) is 6.42 Å². The van der Waals surface area contributed by atoms with Gasteiger partial charge in [-0.3, -0.25) is 0 Å². The average molecular weight is 444 g/mol. The summed E-state index contributed by atoms with van der Waals surface area (Å²) in [5.41, 5.74) is 0. The molecule has 1 nitrogen and oxygen atoms in total. The minimum atomic E-state index is -1.18. The van der Waals surface area contributed by atoms with E-state index in [4.69, 9.17) is 0 Å². The number of rotatable bonds is 25. The van der Waals surface area contributed by atoms with Crippen molar-refractivity contribution in [3.63, 3.8) is 0 Å². The van der Waals surface area contributed by atoms with Crippen LogP contribution in [0.1, 0.15) is 149 Å². The minimum absolute atomic E-state index is 0.148. The Bertz CT molecular complexity index is 277. The van der Waals surface area contributed by atoms with Gasteiger partial charge < -0.3 is 0 Å². The zero-order valence-electron chi connectivity index (χ0n) is 21.6. The van der Waals surface area contributed by atoms with Crippen LogP contribution in [0, 0.1) is 0 Å². The van der Waals surface area contributed by atoms with Crippen molar-refractivity contribution in [2.45, 2.75) is 149 Å². The van der Waals surface area contributed by atoms with Gasteiger partial charge in [-0.15, -0.1) is 0 Å². The van der Waals surface area contributed by atoms with E-state index in [1.165, 1.54) is 128 Å². The molecule has 0 bridgehead atoms. The van der Waals surface area contributed by atoms with Gasteiger partial charge in [0.25, 0.3) is 0 Å². The molecule has 0 rings (SSSR count). The van der Waals surface area contributed by atoms with E-state index in [2.05, 4.69) is 20.8 Å². The van der Waals surface area contributed by atoms with Crippen molar-refractivity contribution in [2.75, 3.05) is 31.3 Å². The van der Waals surface area contributed by atoms with Crippen molar-refractivity contribution in [3.05, 3.63) is 0 Å². The van der Waals surface area contributed by atoms with Crippen molar-refractivity contribution in [3.8, 4) is 0 Å². The second-order valence-electron chi connectivity index (χ2n) is 10.2. The van der Waals surface area contributed by atoms with Gasteiger partial charge in [-0.2, -0.15) is 0 Å². The summed E-state index contributed by atoms with van der Waals surface area (Å²) >= 11 is 0. The predicted molar refractivity (Wildman–Crippen MR) is 143 cm³/mol. The monoisotopic (exact) mass is 443 g/mol. The summed E-state index contributed by atoms with van der Waals surface area (Å²) in [5.74, 6) is 0. The molecule has 0 spiro atoms. The maximum atomic E-state index is 11.1. The van der Waals surface area contributed by atoms with Crippen LogP contribution in [-0.2, 0) is 5.11 Å². The molecule has 0 saturated heterocycles. The van der Waals surface area contributed by atoms with Gasteiger partial charge in [-0.25, -0.2) is 0 Å². The summed E-state index contributed by atoms with van der Waals surface area (Å²) in [6, 6.07) is 0. The molecule has 0 saturated carbocycles. The molecule has 0 N–H and O–H groups in total. The molecule has 0 aliphatic heterocycles. The Hall–Kier alpha value is 0.390. The molecule has 0 atom stereocenters. The molecule has 0 aromatic heterocycles. The Kier molecular flexibility index (Phi) is 24.4. The van der Waals surface area contributed by atoms with Gasteiger partial charge in [0.15, 0.2) is 0 Å². The Morgan fingerprint density at radius 2 is 0.633 bits per heavy atom. The molecule has 0 aliphatic rings. The third-order valence-corrected chi connectivity index (χ3v) is 12.9. The summed E-state index contributed by atoms with van der Waals surface area (Å²) in [6.07, 6.45) is 34.2. The molecular weight excluding hydrogens is 383 g/mol. The SMILES string of the molecule is CCCCCCCC[PH](CCCC[O])(CCCCCCCC)CCCCCCCC. The van der Waals surface area contributed by atoms with Crippen LogP contribution in [0.4, 0.5) is 0 Å². The molecule has 183 valence electrons. The normalized spacial score (nSPS) is 12.5. The Morgan fingerprint density at radius 3 is 0.933 bits per heavy atom. The molecule has 0 fully saturated rings. The molecule has 0 aromatic carbocycles. The topological polar surface area (TPSA) is 19.9 Å². The van der Waals surface area contributed by atoms with Crippen LogP contribution in [0.2, 0.25) is 0 Å². The van der Waals surface area contributed by atoms with Crippen LogP contribution in [0.5, 0.6) is 0 Å². The van der Waals surface area contributed by atoms with E-state index in [1.807, 2.05) is 0 Å². The van der Waals surface area contributed by atoms with Crippen molar-refractivity contribution < 1.29 is 5.11 Å². The molecule has 30 heavy (non-hydrogen) atoms. The number of unbranched alkanes of at least 4 members (excludes halogenated alkanes) is 16. The van der Waals surface area contributed by atoms with E-state index in [1.54, 1.807) is 18.5 Å². The van der Waals surface area contributed by atoms with Crippen LogP contribution >= 0.6 is 7.26 Å². The Labute approximate surface area is 192 Å². The second-order valence-corrected chi connectivity index (χ2v) is 15.2. The van der Waals surface area contributed by atoms with Gasteiger partial charge >= 0.3 is 193 Å². The van der Waals surface area contributed by atoms with Crippen LogP contribution in [-0.4, -0.2) is 31.3 Å². The van der Waals surface area contributed by atoms with Gasteiger partial charge in [0.05, 0.1) is 0 Å². The Balaban J connectivity index is 4.61. The van der Waals surface area contributed by atoms with Gasteiger partial charge in [0.1, 0.15) is 0 Å². The summed E-state index contributed by atoms with van der Waals surface area (Å²) in [5, 5.41) is 11.1. The van der Waals surface area contributed by atoms with E-state index < -0.39 is 7.26 Å². The molecule has 0 heterocycles. The average Bonchev–Trinajstić information content (AvgIpc) is 2.75. The molecule has 0 aliphatic carbocycles. The van der Waals surface area contributed by atoms with Crippen molar-refractivity contribution >= 4 is 7.26 Å². The van der Waals surface area contributed by atoms with Crippen molar-refractivity contribution in [1.29, 1.82) is 0 Å². The van der Waals surface area contributed by atoms with E-state index in [-0.39, 0.29) is 6.61 Å². The first-order valence-corrected chi connectivity index (χ1v) is 17.2. The van der Waals surface area contributed by atoms with Crippen LogP contribution in [0.15, 0.2) is 0 Å². The Morgan fingerprint density at radius 1 is 0.367 bits per heavy atom. The van der Waals surface area contributed by atoms with Crippen molar-refractivity contribution in [1.82, 2.24) is 0 Å². The second kappa shape index (κ2) is 24.0. The van der Waals surface area contributed by atoms with E-state index in [9.17, 15) is 5.11 Å². The van der Waals surface area contributed by atoms with E-state index in [0.29, 0.717) is 0 Å². The predicted octanol–water partition coefficient (Wildman–Crippen LogP) is 10.0. The third kappa shape index (κ3) is 19.1. The summed E-state index contributed by atoms with van der Waals surface area (Å²) < 4.78 is 0. The first-order chi connectivity index (χ1) is 14.7. The zero-order chi connectivity index (χ0) is 22.2. The quantitative estimate of drug-likeness (QED) is 0.0987. The fraction of sp³-hybridized carbons (Fsp3) is 1.00. The molecule has 0 unspecified atom stereocenters. The first kappa shape index (κ1) is 30.4. The fourth-order valence-electron chi connectivity index (χ4n) is 5.19. The first-order valence-electron chi connectivity index (χ1n) is 14.3. The van der Waals surface area contributed by atoms with Gasteiger partial charge in [0.2, 0.25) is 0 Å². The molecule has 2 heteroatoms. The number of hydrogen-bond donors (Lipinski definition) is 0. The van der Waals surface area contributed by atoms with Gasteiger partial charge in [0, 0.05) is 0 Å². The zero-order valence-corrected chi connectivity index (χ0v) is 22.6. The molecule has 0 aromatic rings. The maximum absolute atomic E-state index is 11.1. The third-order valence-electron chi connectivity index (χ3n) is 7.28. The number of hydrogen-bond acceptors (Lipinski definition) is 0.